The average Bonchev–Trinajstić information content (AvgIpc) is 2.77. The van der Waals surface area contributed by atoms with E-state index >= 15 is 0 Å². The van der Waals surface area contributed by atoms with E-state index in [2.05, 4.69) is 31.2 Å². The second kappa shape index (κ2) is 4.79. The van der Waals surface area contributed by atoms with E-state index in [0.29, 0.717) is 0 Å². The first-order chi connectivity index (χ1) is 7.83. The quantitative estimate of drug-likeness (QED) is 0.716. The van der Waals surface area contributed by atoms with Crippen LogP contribution in [0.15, 0.2) is 42.6 Å². The third-order valence-electron chi connectivity index (χ3n) is 2.77. The van der Waals surface area contributed by atoms with E-state index in [1.54, 1.807) is 0 Å². The second-order valence-corrected chi connectivity index (χ2v) is 3.85. The van der Waals surface area contributed by atoms with E-state index in [-0.39, 0.29) is 0 Å². The lowest BCUT2D eigenvalue weighted by Crippen LogP contribution is -2.02. The lowest BCUT2D eigenvalue weighted by Gasteiger charge is -2.06. The highest BCUT2D eigenvalue weighted by Crippen LogP contribution is 2.09. The largest absolute Gasteiger partial charge is 0.341 e. The summed E-state index contributed by atoms with van der Waals surface area (Å²) in [6, 6.07) is 12.2. The number of hydrogen-bond donors (Lipinski definition) is 0. The summed E-state index contributed by atoms with van der Waals surface area (Å²) in [6.45, 7) is 2.90. The Bertz CT molecular complexity index is 468. The van der Waals surface area contributed by atoms with E-state index < -0.39 is 0 Å². The first-order valence-electron chi connectivity index (χ1n) is 5.51. The van der Waals surface area contributed by atoms with E-state index in [4.69, 9.17) is 0 Å². The second-order valence-electron chi connectivity index (χ2n) is 3.85. The first kappa shape index (κ1) is 10.7. The highest BCUT2D eigenvalue weighted by atomic mass is 16.1. The zero-order chi connectivity index (χ0) is 11.4. The van der Waals surface area contributed by atoms with Gasteiger partial charge in [-0.15, -0.1) is 0 Å². The molecule has 0 aliphatic heterocycles. The van der Waals surface area contributed by atoms with Crippen molar-refractivity contribution in [1.82, 2.24) is 4.57 Å². The van der Waals surface area contributed by atoms with Gasteiger partial charge in [-0.2, -0.15) is 0 Å². The molecule has 0 spiro atoms. The standard InChI is InChI=1S/C14H15NO/c1-2-12-5-7-13(8-6-12)10-15-9-3-4-14(15)11-16/h3-9,11H,2,10H2,1H3. The molecule has 2 nitrogen and oxygen atoms in total. The molecule has 2 rings (SSSR count). The number of carbonyl (C=O) groups excluding carboxylic acids is 1. The predicted molar refractivity (Wildman–Crippen MR) is 64.7 cm³/mol. The minimum Gasteiger partial charge on any atom is -0.341 e. The van der Waals surface area contributed by atoms with Crippen LogP contribution in [0.3, 0.4) is 0 Å². The molecule has 0 saturated heterocycles. The fourth-order valence-electron chi connectivity index (χ4n) is 1.76. The Hall–Kier alpha value is -1.83. The highest BCUT2D eigenvalue weighted by molar-refractivity contribution is 5.72. The van der Waals surface area contributed by atoms with Gasteiger partial charge >= 0.3 is 0 Å². The third kappa shape index (κ3) is 2.22. The summed E-state index contributed by atoms with van der Waals surface area (Å²) in [5, 5.41) is 0. The van der Waals surface area contributed by atoms with Gasteiger partial charge < -0.3 is 4.57 Å². The Kier molecular flexibility index (Phi) is 3.20. The van der Waals surface area contributed by atoms with Crippen molar-refractivity contribution in [2.45, 2.75) is 19.9 Å². The average molecular weight is 213 g/mol. The van der Waals surface area contributed by atoms with Crippen molar-refractivity contribution in [3.8, 4) is 0 Å². The number of hydrogen-bond acceptors (Lipinski definition) is 1. The van der Waals surface area contributed by atoms with Crippen LogP contribution in [0, 0.1) is 0 Å². The van der Waals surface area contributed by atoms with Gasteiger partial charge in [0.25, 0.3) is 0 Å². The minimum atomic E-state index is 0.722. The van der Waals surface area contributed by atoms with Gasteiger partial charge in [0, 0.05) is 12.7 Å². The van der Waals surface area contributed by atoms with Crippen molar-refractivity contribution < 1.29 is 4.79 Å². The molecular weight excluding hydrogens is 198 g/mol. The summed E-state index contributed by atoms with van der Waals surface area (Å²) in [5.74, 6) is 0. The molecule has 82 valence electrons. The van der Waals surface area contributed by atoms with Crippen molar-refractivity contribution in [1.29, 1.82) is 0 Å². The molecule has 16 heavy (non-hydrogen) atoms. The molecule has 0 amide bonds. The van der Waals surface area contributed by atoms with Gasteiger partial charge in [-0.3, -0.25) is 4.79 Å². The zero-order valence-electron chi connectivity index (χ0n) is 9.39. The van der Waals surface area contributed by atoms with Gasteiger partial charge in [-0.1, -0.05) is 31.2 Å². The predicted octanol–water partition coefficient (Wildman–Crippen LogP) is 2.91. The number of rotatable bonds is 4. The summed E-state index contributed by atoms with van der Waals surface area (Å²) >= 11 is 0. The molecule has 0 unspecified atom stereocenters. The maximum absolute atomic E-state index is 10.8. The van der Waals surface area contributed by atoms with E-state index in [9.17, 15) is 4.79 Å². The molecule has 0 fully saturated rings. The van der Waals surface area contributed by atoms with Gasteiger partial charge in [0.15, 0.2) is 6.29 Å². The van der Waals surface area contributed by atoms with Gasteiger partial charge in [-0.05, 0) is 29.7 Å². The van der Waals surface area contributed by atoms with Crippen molar-refractivity contribution in [3.05, 3.63) is 59.4 Å². The fraction of sp³-hybridized carbons (Fsp3) is 0.214. The van der Waals surface area contributed by atoms with Crippen LogP contribution in [0.25, 0.3) is 0 Å². The number of aromatic nitrogens is 1. The van der Waals surface area contributed by atoms with Crippen LogP contribution in [-0.2, 0) is 13.0 Å². The van der Waals surface area contributed by atoms with Gasteiger partial charge in [-0.25, -0.2) is 0 Å². The van der Waals surface area contributed by atoms with E-state index in [0.717, 1.165) is 24.9 Å². The maximum atomic E-state index is 10.8. The first-order valence-corrected chi connectivity index (χ1v) is 5.51. The molecule has 1 aromatic heterocycles. The number of benzene rings is 1. The van der Waals surface area contributed by atoms with Crippen molar-refractivity contribution in [2.24, 2.45) is 0 Å². The molecule has 0 bridgehead atoms. The summed E-state index contributed by atoms with van der Waals surface area (Å²) < 4.78 is 1.95. The maximum Gasteiger partial charge on any atom is 0.166 e. The van der Waals surface area contributed by atoms with Gasteiger partial charge in [0.2, 0.25) is 0 Å². The highest BCUT2D eigenvalue weighted by Gasteiger charge is 2.00. The molecule has 0 saturated carbocycles. The van der Waals surface area contributed by atoms with Gasteiger partial charge in [0.05, 0.1) is 5.69 Å². The molecule has 0 aliphatic carbocycles. The lowest BCUT2D eigenvalue weighted by atomic mass is 10.1. The molecule has 0 N–H and O–H groups in total. The van der Waals surface area contributed by atoms with E-state index in [1.807, 2.05) is 22.9 Å². The number of nitrogens with zero attached hydrogens (tertiary/aromatic N) is 1. The lowest BCUT2D eigenvalue weighted by molar-refractivity contribution is 0.111. The number of carbonyl (C=O) groups is 1. The van der Waals surface area contributed by atoms with Crippen LogP contribution in [-0.4, -0.2) is 10.9 Å². The summed E-state index contributed by atoms with van der Waals surface area (Å²) in [7, 11) is 0. The molecule has 1 aromatic carbocycles. The molecular formula is C14H15NO. The zero-order valence-corrected chi connectivity index (χ0v) is 9.39. The van der Waals surface area contributed by atoms with Crippen molar-refractivity contribution >= 4 is 6.29 Å². The SMILES string of the molecule is CCc1ccc(Cn2cccc2C=O)cc1. The summed E-state index contributed by atoms with van der Waals surface area (Å²) in [4.78, 5) is 10.8. The van der Waals surface area contributed by atoms with Crippen LogP contribution in [0.4, 0.5) is 0 Å². The third-order valence-corrected chi connectivity index (χ3v) is 2.77. The normalized spacial score (nSPS) is 10.3. The minimum absolute atomic E-state index is 0.722. The molecule has 0 atom stereocenters. The van der Waals surface area contributed by atoms with Crippen molar-refractivity contribution in [3.63, 3.8) is 0 Å². The van der Waals surface area contributed by atoms with Gasteiger partial charge in [0.1, 0.15) is 0 Å². The Morgan fingerprint density at radius 3 is 2.44 bits per heavy atom. The fourth-order valence-corrected chi connectivity index (χ4v) is 1.76. The smallest absolute Gasteiger partial charge is 0.166 e. The number of aldehydes is 1. The van der Waals surface area contributed by atoms with Crippen LogP contribution in [0.1, 0.15) is 28.5 Å². The number of aryl methyl sites for hydroxylation is 1. The topological polar surface area (TPSA) is 22.0 Å². The Morgan fingerprint density at radius 1 is 1.12 bits per heavy atom. The van der Waals surface area contributed by atoms with E-state index in [1.165, 1.54) is 11.1 Å². The molecule has 2 heteroatoms. The molecule has 2 aromatic rings. The summed E-state index contributed by atoms with van der Waals surface area (Å²) in [5.41, 5.74) is 3.28. The molecule has 0 radical (unpaired) electrons. The molecule has 1 heterocycles. The molecule has 0 aliphatic rings. The van der Waals surface area contributed by atoms with Crippen LogP contribution in [0.2, 0.25) is 0 Å². The monoisotopic (exact) mass is 213 g/mol. The van der Waals surface area contributed by atoms with Crippen molar-refractivity contribution in [2.75, 3.05) is 0 Å². The Labute approximate surface area is 95.5 Å². The summed E-state index contributed by atoms with van der Waals surface area (Å²) in [6.07, 6.45) is 3.88. The Balaban J connectivity index is 2.17. The van der Waals surface area contributed by atoms with Crippen LogP contribution >= 0.6 is 0 Å². The Morgan fingerprint density at radius 2 is 1.81 bits per heavy atom. The van der Waals surface area contributed by atoms with Crippen LogP contribution in [0.5, 0.6) is 0 Å². The van der Waals surface area contributed by atoms with Crippen LogP contribution < -0.4 is 0 Å².